The topological polar surface area (TPSA) is 87.6 Å². The molecule has 0 saturated carbocycles. The van der Waals surface area contributed by atoms with Crippen molar-refractivity contribution in [2.24, 2.45) is 11.8 Å². The summed E-state index contributed by atoms with van der Waals surface area (Å²) in [5.41, 5.74) is 0.941. The van der Waals surface area contributed by atoms with Crippen molar-refractivity contribution in [3.05, 3.63) is 36.0 Å². The highest BCUT2D eigenvalue weighted by Gasteiger charge is 2.55. The second kappa shape index (κ2) is 6.20. The average Bonchev–Trinajstić information content (AvgIpc) is 3.00. The number of fused-ring (bicyclic) bond motifs is 1. The second-order valence-corrected chi connectivity index (χ2v) is 8.16. The van der Waals surface area contributed by atoms with Crippen LogP contribution in [-0.4, -0.2) is 48.0 Å². The lowest BCUT2D eigenvalue weighted by atomic mass is 9.96. The quantitative estimate of drug-likeness (QED) is 0.873. The minimum atomic E-state index is -4.80. The average molecular weight is 388 g/mol. The molecule has 26 heavy (non-hydrogen) atoms. The van der Waals surface area contributed by atoms with E-state index in [0.717, 1.165) is 5.56 Å². The zero-order valence-corrected chi connectivity index (χ0v) is 14.4. The number of aromatic nitrogens is 1. The molecule has 1 N–H and O–H groups in total. The molecule has 1 aliphatic rings. The molecule has 3 rings (SSSR count). The molecule has 1 aromatic carbocycles. The maximum atomic E-state index is 13.1. The van der Waals surface area contributed by atoms with Crippen LogP contribution in [0.1, 0.15) is 5.56 Å². The van der Waals surface area contributed by atoms with Crippen LogP contribution in [0.5, 0.6) is 0 Å². The van der Waals surface area contributed by atoms with Crippen LogP contribution in [0.15, 0.2) is 35.4 Å². The summed E-state index contributed by atoms with van der Waals surface area (Å²) in [7, 11) is -4.33. The van der Waals surface area contributed by atoms with Crippen LogP contribution in [0.25, 0.3) is 10.9 Å². The highest BCUT2D eigenvalue weighted by Crippen LogP contribution is 2.40. The van der Waals surface area contributed by atoms with Gasteiger partial charge in [-0.05, 0) is 24.6 Å². The summed E-state index contributed by atoms with van der Waals surface area (Å²) >= 11 is 0. The number of benzene rings is 1. The summed E-state index contributed by atoms with van der Waals surface area (Å²) in [6.45, 7) is 0.120. The van der Waals surface area contributed by atoms with Crippen molar-refractivity contribution >= 4 is 26.9 Å². The number of carbonyl (C=O) groups is 1. The maximum absolute atomic E-state index is 13.1. The van der Waals surface area contributed by atoms with E-state index >= 15 is 0 Å². The number of alkyl halides is 3. The molecule has 10 heteroatoms. The number of nitrogens with zero attached hydrogens (tertiary/aromatic N) is 2. The van der Waals surface area contributed by atoms with Crippen molar-refractivity contribution < 1.29 is 31.5 Å². The fourth-order valence-corrected chi connectivity index (χ4v) is 4.79. The van der Waals surface area contributed by atoms with Crippen LogP contribution in [0.4, 0.5) is 13.2 Å². The van der Waals surface area contributed by atoms with E-state index in [1.165, 1.54) is 18.3 Å². The van der Waals surface area contributed by atoms with Gasteiger partial charge in [0, 0.05) is 24.7 Å². The van der Waals surface area contributed by atoms with Gasteiger partial charge >= 0.3 is 12.1 Å². The van der Waals surface area contributed by atoms with Crippen molar-refractivity contribution in [3.63, 3.8) is 0 Å². The van der Waals surface area contributed by atoms with Gasteiger partial charge in [-0.15, -0.1) is 0 Å². The number of para-hydroxylation sites is 1. The van der Waals surface area contributed by atoms with E-state index in [1.807, 2.05) is 0 Å². The lowest BCUT2D eigenvalue weighted by molar-refractivity contribution is -0.187. The molecule has 0 aliphatic carbocycles. The number of hydrogen-bond donors (Lipinski definition) is 1. The number of halogens is 3. The summed E-state index contributed by atoms with van der Waals surface area (Å²) in [6, 6.07) is 6.10. The maximum Gasteiger partial charge on any atom is 0.393 e. The molecule has 6 nitrogen and oxygen atoms in total. The zero-order valence-electron chi connectivity index (χ0n) is 13.6. The Hall–Kier alpha value is -2.20. The number of rotatable bonds is 3. The molecule has 1 aromatic heterocycles. The van der Waals surface area contributed by atoms with E-state index in [2.05, 4.69) is 4.98 Å². The summed E-state index contributed by atoms with van der Waals surface area (Å²) in [6.07, 6.45) is -3.34. The molecule has 1 fully saturated rings. The predicted octanol–water partition coefficient (Wildman–Crippen LogP) is 2.43. The van der Waals surface area contributed by atoms with Crippen molar-refractivity contribution in [2.75, 3.05) is 13.1 Å². The molecule has 0 amide bonds. The first-order valence-corrected chi connectivity index (χ1v) is 9.11. The van der Waals surface area contributed by atoms with Crippen LogP contribution < -0.4 is 0 Å². The Labute approximate surface area is 147 Å². The first-order chi connectivity index (χ1) is 12.0. The van der Waals surface area contributed by atoms with Crippen molar-refractivity contribution in [1.82, 2.24) is 9.29 Å². The largest absolute Gasteiger partial charge is 0.481 e. The normalized spacial score (nSPS) is 22.0. The first-order valence-electron chi connectivity index (χ1n) is 7.67. The molecule has 0 radical (unpaired) electrons. The van der Waals surface area contributed by atoms with Gasteiger partial charge in [0.25, 0.3) is 0 Å². The Morgan fingerprint density at radius 2 is 2.00 bits per heavy atom. The third kappa shape index (κ3) is 3.14. The Bertz CT molecular complexity index is 975. The van der Waals surface area contributed by atoms with Crippen LogP contribution in [0.2, 0.25) is 0 Å². The highest BCUT2D eigenvalue weighted by molar-refractivity contribution is 7.89. The van der Waals surface area contributed by atoms with Gasteiger partial charge in [0.2, 0.25) is 10.0 Å². The van der Waals surface area contributed by atoms with Gasteiger partial charge in [-0.25, -0.2) is 8.42 Å². The van der Waals surface area contributed by atoms with Gasteiger partial charge in [0.05, 0.1) is 17.4 Å². The van der Waals surface area contributed by atoms with E-state index < -0.39 is 47.1 Å². The predicted molar refractivity (Wildman–Crippen MR) is 85.9 cm³/mol. The third-order valence-corrected chi connectivity index (χ3v) is 6.32. The minimum Gasteiger partial charge on any atom is -0.481 e. The van der Waals surface area contributed by atoms with Gasteiger partial charge in [-0.1, -0.05) is 12.1 Å². The monoisotopic (exact) mass is 388 g/mol. The van der Waals surface area contributed by atoms with Gasteiger partial charge in [0.15, 0.2) is 0 Å². The van der Waals surface area contributed by atoms with E-state index in [-0.39, 0.29) is 10.4 Å². The van der Waals surface area contributed by atoms with E-state index in [0.29, 0.717) is 9.69 Å². The van der Waals surface area contributed by atoms with E-state index in [4.69, 9.17) is 5.11 Å². The molecular formula is C16H15F3N2O4S. The van der Waals surface area contributed by atoms with Crippen molar-refractivity contribution in [3.8, 4) is 0 Å². The molecule has 2 aromatic rings. The van der Waals surface area contributed by atoms with Gasteiger partial charge < -0.3 is 5.11 Å². The zero-order chi connectivity index (χ0) is 19.3. The molecule has 140 valence electrons. The van der Waals surface area contributed by atoms with Gasteiger partial charge in [-0.2, -0.15) is 17.5 Å². The second-order valence-electron chi connectivity index (χ2n) is 6.26. The Morgan fingerprint density at radius 3 is 2.58 bits per heavy atom. The Balaban J connectivity index is 2.06. The fraction of sp³-hybridized carbons (Fsp3) is 0.375. The molecule has 0 bridgehead atoms. The molecule has 2 atom stereocenters. The van der Waals surface area contributed by atoms with Crippen LogP contribution in [-0.2, 0) is 14.8 Å². The molecule has 1 aliphatic heterocycles. The fourth-order valence-electron chi connectivity index (χ4n) is 3.14. The third-order valence-electron chi connectivity index (χ3n) is 4.45. The summed E-state index contributed by atoms with van der Waals surface area (Å²) in [5, 5.41) is 9.60. The Morgan fingerprint density at radius 1 is 1.31 bits per heavy atom. The smallest absolute Gasteiger partial charge is 0.393 e. The lowest BCUT2D eigenvalue weighted by Crippen LogP contribution is -2.34. The molecule has 0 spiro atoms. The minimum absolute atomic E-state index is 0.139. The van der Waals surface area contributed by atoms with E-state index in [9.17, 15) is 26.4 Å². The SMILES string of the molecule is Cc1cnc2c(S(=O)(=O)N3C[C@@H](C(F)(F)F)[C@H](C(=O)O)C3)cccc2c1. The van der Waals surface area contributed by atoms with Crippen LogP contribution in [0.3, 0.4) is 0 Å². The lowest BCUT2D eigenvalue weighted by Gasteiger charge is -2.19. The van der Waals surface area contributed by atoms with Gasteiger partial charge in [-0.3, -0.25) is 9.78 Å². The van der Waals surface area contributed by atoms with Crippen molar-refractivity contribution in [2.45, 2.75) is 18.0 Å². The number of pyridine rings is 1. The number of aryl methyl sites for hydroxylation is 1. The van der Waals surface area contributed by atoms with Gasteiger partial charge in [0.1, 0.15) is 4.90 Å². The number of hydrogen-bond acceptors (Lipinski definition) is 4. The number of aliphatic carboxylic acids is 1. The number of carboxylic acids is 1. The summed E-state index contributed by atoms with van der Waals surface area (Å²) in [4.78, 5) is 15.0. The Kier molecular flexibility index (Phi) is 4.43. The molecular weight excluding hydrogens is 373 g/mol. The first kappa shape index (κ1) is 18.6. The molecule has 1 saturated heterocycles. The number of carboxylic acid groups (broad SMARTS) is 1. The standard InChI is InChI=1S/C16H15F3N2O4S/c1-9-5-10-3-2-4-13(14(10)20-6-9)26(24,25)21-7-11(15(22)23)12(8-21)16(17,18)19/h2-6,11-12H,7-8H2,1H3,(H,22,23)/t11-,12-/m1/s1. The summed E-state index contributed by atoms with van der Waals surface area (Å²) < 4.78 is 65.8. The highest BCUT2D eigenvalue weighted by atomic mass is 32.2. The van der Waals surface area contributed by atoms with Crippen LogP contribution >= 0.6 is 0 Å². The van der Waals surface area contributed by atoms with Crippen LogP contribution in [0, 0.1) is 18.8 Å². The molecule has 2 heterocycles. The van der Waals surface area contributed by atoms with Crippen molar-refractivity contribution in [1.29, 1.82) is 0 Å². The molecule has 0 unspecified atom stereocenters. The summed E-state index contributed by atoms with van der Waals surface area (Å²) in [5.74, 6) is -5.76. The van der Waals surface area contributed by atoms with E-state index in [1.54, 1.807) is 19.1 Å². The number of sulfonamides is 1.